The third-order valence-corrected chi connectivity index (χ3v) is 4.62. The summed E-state index contributed by atoms with van der Waals surface area (Å²) in [4.78, 5) is 16.2. The monoisotopic (exact) mass is 272 g/mol. The third-order valence-electron chi connectivity index (χ3n) is 2.00. The average Bonchev–Trinajstić information content (AvgIpc) is 2.83. The fourth-order valence-corrected chi connectivity index (χ4v) is 3.09. The Balaban J connectivity index is 2.52. The van der Waals surface area contributed by atoms with Gasteiger partial charge in [-0.3, -0.25) is 9.00 Å². The number of carbonyl (C=O) groups is 1. The first-order valence-electron chi connectivity index (χ1n) is 5.42. The molecule has 1 heterocycles. The van der Waals surface area contributed by atoms with Gasteiger partial charge in [0.1, 0.15) is 4.88 Å². The van der Waals surface area contributed by atoms with Gasteiger partial charge in [-0.15, -0.1) is 11.3 Å². The van der Waals surface area contributed by atoms with E-state index in [1.54, 1.807) is 0 Å². The van der Waals surface area contributed by atoms with Gasteiger partial charge in [0.05, 0.1) is 17.0 Å². The van der Waals surface area contributed by atoms with Gasteiger partial charge in [0.2, 0.25) is 0 Å². The van der Waals surface area contributed by atoms with Crippen molar-refractivity contribution in [2.75, 3.05) is 12.3 Å². The van der Waals surface area contributed by atoms with Crippen molar-refractivity contribution in [3.63, 3.8) is 0 Å². The van der Waals surface area contributed by atoms with Crippen molar-refractivity contribution in [3.05, 3.63) is 23.2 Å². The lowest BCUT2D eigenvalue weighted by molar-refractivity contribution is 0.0958. The van der Waals surface area contributed by atoms with E-state index in [9.17, 15) is 9.00 Å². The normalized spacial score (nSPS) is 12.8. The van der Waals surface area contributed by atoms with Crippen LogP contribution in [0.5, 0.6) is 0 Å². The summed E-state index contributed by atoms with van der Waals surface area (Å²) < 4.78 is 12.0. The number of carbonyl (C=O) groups excluding carboxylic acids is 1. The molecule has 4 nitrogen and oxygen atoms in total. The van der Waals surface area contributed by atoms with Crippen LogP contribution in [0.15, 0.2) is 22.7 Å². The number of hydrogen-bond acceptors (Lipinski definition) is 4. The fraction of sp³-hybridized carbons (Fsp3) is 0.455. The maximum Gasteiger partial charge on any atom is 0.263 e. The van der Waals surface area contributed by atoms with E-state index in [4.69, 9.17) is 0 Å². The zero-order valence-electron chi connectivity index (χ0n) is 9.93. The van der Waals surface area contributed by atoms with Crippen molar-refractivity contribution in [1.29, 1.82) is 0 Å². The molecule has 1 rings (SSSR count). The summed E-state index contributed by atoms with van der Waals surface area (Å²) in [7, 11) is -1.08. The quantitative estimate of drug-likeness (QED) is 0.636. The molecule has 1 unspecified atom stereocenters. The van der Waals surface area contributed by atoms with E-state index in [1.807, 2.05) is 26.0 Å². The molecule has 1 aromatic heterocycles. The summed E-state index contributed by atoms with van der Waals surface area (Å²) in [5.41, 5.74) is 0. The van der Waals surface area contributed by atoms with Crippen LogP contribution >= 0.6 is 11.3 Å². The Kier molecular flexibility index (Phi) is 6.07. The molecule has 0 aliphatic rings. The molecule has 1 N–H and O–H groups in total. The zero-order valence-corrected chi connectivity index (χ0v) is 11.6. The molecule has 0 aliphatic heterocycles. The van der Waals surface area contributed by atoms with Crippen molar-refractivity contribution in [2.45, 2.75) is 24.6 Å². The van der Waals surface area contributed by atoms with E-state index in [0.29, 0.717) is 21.5 Å². The molecular weight excluding hydrogens is 256 g/mol. The number of allylic oxidation sites excluding steroid dienone is 1. The molecule has 0 aliphatic carbocycles. The van der Waals surface area contributed by atoms with Crippen molar-refractivity contribution in [1.82, 2.24) is 10.3 Å². The fourth-order valence-electron chi connectivity index (χ4n) is 1.11. The highest BCUT2D eigenvalue weighted by atomic mass is 32.2. The van der Waals surface area contributed by atoms with Crippen LogP contribution in [-0.2, 0) is 10.8 Å². The molecule has 1 amide bonds. The number of aromatic nitrogens is 1. The second-order valence-corrected chi connectivity index (χ2v) is 6.18. The minimum Gasteiger partial charge on any atom is -0.351 e. The first kappa shape index (κ1) is 14.1. The molecular formula is C11H16N2O2S2. The minimum absolute atomic E-state index is 0.147. The molecule has 0 spiro atoms. The van der Waals surface area contributed by atoms with Crippen LogP contribution in [0.4, 0.5) is 0 Å². The van der Waals surface area contributed by atoms with Crippen molar-refractivity contribution in [2.24, 2.45) is 0 Å². The summed E-state index contributed by atoms with van der Waals surface area (Å²) in [5, 5.41) is 2.79. The van der Waals surface area contributed by atoms with Crippen LogP contribution in [-0.4, -0.2) is 27.4 Å². The molecule has 94 valence electrons. The van der Waals surface area contributed by atoms with Crippen LogP contribution in [0.3, 0.4) is 0 Å². The standard InChI is InChI=1S/C11H16N2O2S2/c1-3-5-6-7-12-10(14)9-8-13-11(16-9)17(15)4-2/h3,5,8H,4,6-7H2,1-2H3,(H,12,14)/b5-3+. The Morgan fingerprint density at radius 3 is 3.06 bits per heavy atom. The first-order valence-corrected chi connectivity index (χ1v) is 7.56. The van der Waals surface area contributed by atoms with Gasteiger partial charge in [-0.25, -0.2) is 4.98 Å². The van der Waals surface area contributed by atoms with Crippen LogP contribution in [0.25, 0.3) is 0 Å². The number of nitrogens with zero attached hydrogens (tertiary/aromatic N) is 1. The van der Waals surface area contributed by atoms with Crippen LogP contribution in [0, 0.1) is 0 Å². The molecule has 1 aromatic rings. The van der Waals surface area contributed by atoms with E-state index in [-0.39, 0.29) is 5.91 Å². The van der Waals surface area contributed by atoms with Crippen LogP contribution in [0.2, 0.25) is 0 Å². The Morgan fingerprint density at radius 2 is 2.41 bits per heavy atom. The lowest BCUT2D eigenvalue weighted by Gasteiger charge is -1.99. The molecule has 1 atom stereocenters. The molecule has 0 saturated carbocycles. The number of thiazole rings is 1. The van der Waals surface area contributed by atoms with Crippen molar-refractivity contribution in [3.8, 4) is 0 Å². The maximum absolute atomic E-state index is 11.7. The summed E-state index contributed by atoms with van der Waals surface area (Å²) in [6, 6.07) is 0. The van der Waals surface area contributed by atoms with Gasteiger partial charge in [0.25, 0.3) is 5.91 Å². The molecule has 0 fully saturated rings. The topological polar surface area (TPSA) is 59.1 Å². The van der Waals surface area contributed by atoms with E-state index < -0.39 is 10.8 Å². The highest BCUT2D eigenvalue weighted by Gasteiger charge is 2.12. The third kappa shape index (κ3) is 4.40. The molecule has 0 bridgehead atoms. The maximum atomic E-state index is 11.7. The Hall–Kier alpha value is -1.01. The van der Waals surface area contributed by atoms with Crippen molar-refractivity contribution < 1.29 is 9.00 Å². The SMILES string of the molecule is C/C=C/CCNC(=O)c1cnc(S(=O)CC)s1. The number of amides is 1. The number of rotatable bonds is 6. The summed E-state index contributed by atoms with van der Waals surface area (Å²) in [6.07, 6.45) is 6.24. The van der Waals surface area contributed by atoms with Crippen molar-refractivity contribution >= 4 is 28.0 Å². The Labute approximate surface area is 108 Å². The van der Waals surface area contributed by atoms with Gasteiger partial charge in [-0.2, -0.15) is 0 Å². The molecule has 0 aromatic carbocycles. The highest BCUT2D eigenvalue weighted by Crippen LogP contribution is 2.16. The second-order valence-electron chi connectivity index (χ2n) is 3.24. The van der Waals surface area contributed by atoms with Gasteiger partial charge in [-0.1, -0.05) is 19.1 Å². The van der Waals surface area contributed by atoms with Gasteiger partial charge in [0.15, 0.2) is 4.34 Å². The van der Waals surface area contributed by atoms with Crippen LogP contribution in [0.1, 0.15) is 29.9 Å². The summed E-state index contributed by atoms with van der Waals surface area (Å²) in [6.45, 7) is 4.37. The smallest absolute Gasteiger partial charge is 0.263 e. The average molecular weight is 272 g/mol. The van der Waals surface area contributed by atoms with E-state index in [2.05, 4.69) is 10.3 Å². The molecule has 0 radical (unpaired) electrons. The number of nitrogens with one attached hydrogen (secondary N) is 1. The second kappa shape index (κ2) is 7.34. The first-order chi connectivity index (χ1) is 8.19. The molecule has 17 heavy (non-hydrogen) atoms. The predicted molar refractivity (Wildman–Crippen MR) is 70.8 cm³/mol. The van der Waals surface area contributed by atoms with Gasteiger partial charge in [-0.05, 0) is 13.3 Å². The lowest BCUT2D eigenvalue weighted by atomic mass is 10.4. The zero-order chi connectivity index (χ0) is 12.7. The summed E-state index contributed by atoms with van der Waals surface area (Å²) >= 11 is 1.20. The Bertz CT molecular complexity index is 427. The largest absolute Gasteiger partial charge is 0.351 e. The van der Waals surface area contributed by atoms with E-state index >= 15 is 0 Å². The Morgan fingerprint density at radius 1 is 1.65 bits per heavy atom. The molecule has 0 saturated heterocycles. The van der Waals surface area contributed by atoms with E-state index in [1.165, 1.54) is 17.5 Å². The van der Waals surface area contributed by atoms with E-state index in [0.717, 1.165) is 6.42 Å². The minimum atomic E-state index is -1.08. The lowest BCUT2D eigenvalue weighted by Crippen LogP contribution is -2.23. The summed E-state index contributed by atoms with van der Waals surface area (Å²) in [5.74, 6) is 0.377. The number of hydrogen-bond donors (Lipinski definition) is 1. The highest BCUT2D eigenvalue weighted by molar-refractivity contribution is 7.87. The van der Waals surface area contributed by atoms with Gasteiger partial charge in [0, 0.05) is 12.3 Å². The molecule has 6 heteroatoms. The predicted octanol–water partition coefficient (Wildman–Crippen LogP) is 1.97. The van der Waals surface area contributed by atoms with Gasteiger partial charge < -0.3 is 5.32 Å². The van der Waals surface area contributed by atoms with Crippen LogP contribution < -0.4 is 5.32 Å². The van der Waals surface area contributed by atoms with Gasteiger partial charge >= 0.3 is 0 Å².